The van der Waals surface area contributed by atoms with Crippen LogP contribution >= 0.6 is 11.3 Å². The normalized spacial score (nSPS) is 11.4. The van der Waals surface area contributed by atoms with Gasteiger partial charge in [0.15, 0.2) is 5.13 Å². The molecule has 0 saturated heterocycles. The lowest BCUT2D eigenvalue weighted by Crippen LogP contribution is -2.39. The summed E-state index contributed by atoms with van der Waals surface area (Å²) in [5.41, 5.74) is 0.0482. The van der Waals surface area contributed by atoms with E-state index in [-0.39, 0.29) is 18.7 Å². The number of hydrogen-bond donors (Lipinski definition) is 1. The number of aryl methyl sites for hydroxylation is 2. The van der Waals surface area contributed by atoms with Crippen molar-refractivity contribution < 1.29 is 27.5 Å². The van der Waals surface area contributed by atoms with Gasteiger partial charge in [-0.15, -0.1) is 11.3 Å². The van der Waals surface area contributed by atoms with Crippen LogP contribution < -0.4 is 5.32 Å². The van der Waals surface area contributed by atoms with E-state index in [0.29, 0.717) is 24.8 Å². The topological polar surface area (TPSA) is 71.5 Å². The summed E-state index contributed by atoms with van der Waals surface area (Å²) in [5, 5.41) is 3.10. The van der Waals surface area contributed by atoms with E-state index in [1.54, 1.807) is 0 Å². The lowest BCUT2D eigenvalue weighted by Gasteiger charge is -2.22. The van der Waals surface area contributed by atoms with Crippen molar-refractivity contribution in [1.82, 2.24) is 9.88 Å². The van der Waals surface area contributed by atoms with Crippen LogP contribution in [0, 0.1) is 13.8 Å². The number of ether oxygens (including phenoxy) is 1. The van der Waals surface area contributed by atoms with Crippen LogP contribution in [0.3, 0.4) is 0 Å². The van der Waals surface area contributed by atoms with Gasteiger partial charge < -0.3 is 15.0 Å². The number of amides is 2. The number of alkyl halides is 3. The first kappa shape index (κ1) is 23.8. The molecule has 2 rings (SSSR count). The molecule has 0 unspecified atom stereocenters. The Morgan fingerprint density at radius 2 is 1.87 bits per heavy atom. The first-order valence-corrected chi connectivity index (χ1v) is 10.2. The van der Waals surface area contributed by atoms with E-state index in [9.17, 15) is 22.8 Å². The van der Waals surface area contributed by atoms with Gasteiger partial charge >= 0.3 is 6.18 Å². The monoisotopic (exact) mass is 443 g/mol. The van der Waals surface area contributed by atoms with Crippen LogP contribution in [0.25, 0.3) is 0 Å². The number of aromatic nitrogens is 1. The number of halogens is 3. The number of rotatable bonds is 9. The molecule has 0 aliphatic heterocycles. The Kier molecular flexibility index (Phi) is 8.36. The van der Waals surface area contributed by atoms with Gasteiger partial charge in [-0.1, -0.05) is 0 Å². The van der Waals surface area contributed by atoms with Crippen molar-refractivity contribution in [1.29, 1.82) is 0 Å². The van der Waals surface area contributed by atoms with Gasteiger partial charge in [-0.05, 0) is 51.5 Å². The minimum Gasteiger partial charge on any atom is -0.382 e. The molecule has 0 bridgehead atoms. The molecule has 0 aliphatic rings. The SMILES string of the molecule is CCOCCCN(CC(=O)Nc1nc(C)c(C)s1)C(=O)c1ccc(C(F)(F)F)cc1. The molecule has 10 heteroatoms. The maximum Gasteiger partial charge on any atom is 0.416 e. The van der Waals surface area contributed by atoms with Crippen LogP contribution in [0.4, 0.5) is 18.3 Å². The number of nitrogens with one attached hydrogen (secondary N) is 1. The molecule has 164 valence electrons. The van der Waals surface area contributed by atoms with Crippen LogP contribution in [0.1, 0.15) is 39.8 Å². The fourth-order valence-electron chi connectivity index (χ4n) is 2.60. The molecule has 6 nitrogen and oxygen atoms in total. The highest BCUT2D eigenvalue weighted by molar-refractivity contribution is 7.15. The quantitative estimate of drug-likeness (QED) is 0.587. The first-order chi connectivity index (χ1) is 14.1. The summed E-state index contributed by atoms with van der Waals surface area (Å²) in [6.07, 6.45) is -3.99. The number of benzene rings is 1. The molecular weight excluding hydrogens is 419 g/mol. The minimum absolute atomic E-state index is 0.0770. The van der Waals surface area contributed by atoms with Crippen LogP contribution in [0.15, 0.2) is 24.3 Å². The second-order valence-corrected chi connectivity index (χ2v) is 7.76. The molecule has 2 amide bonds. The Bertz CT molecular complexity index is 847. The molecule has 2 aromatic rings. The first-order valence-electron chi connectivity index (χ1n) is 9.40. The van der Waals surface area contributed by atoms with E-state index in [0.717, 1.165) is 34.8 Å². The van der Waals surface area contributed by atoms with E-state index in [4.69, 9.17) is 4.74 Å². The van der Waals surface area contributed by atoms with E-state index in [1.165, 1.54) is 16.2 Å². The standard InChI is InChI=1S/C20H24F3N3O3S/c1-4-29-11-5-10-26(12-17(27)25-19-24-13(2)14(3)30-19)18(28)15-6-8-16(9-7-15)20(21,22)23/h6-9H,4-5,10-12H2,1-3H3,(H,24,25,27). The van der Waals surface area contributed by atoms with Crippen LogP contribution in [0.2, 0.25) is 0 Å². The molecule has 1 N–H and O–H groups in total. The molecule has 1 aromatic heterocycles. The summed E-state index contributed by atoms with van der Waals surface area (Å²) in [7, 11) is 0. The van der Waals surface area contributed by atoms with Crippen molar-refractivity contribution in [3.63, 3.8) is 0 Å². The highest BCUT2D eigenvalue weighted by atomic mass is 32.1. The molecule has 0 radical (unpaired) electrons. The predicted octanol–water partition coefficient (Wildman–Crippen LogP) is 4.29. The number of hydrogen-bond acceptors (Lipinski definition) is 5. The maximum absolute atomic E-state index is 12.8. The van der Waals surface area contributed by atoms with Crippen molar-refractivity contribution in [2.75, 3.05) is 31.6 Å². The Hall–Kier alpha value is -2.46. The third-order valence-corrected chi connectivity index (χ3v) is 5.26. The van der Waals surface area contributed by atoms with E-state index < -0.39 is 23.6 Å². The molecule has 1 heterocycles. The Labute approximate surface area is 177 Å². The van der Waals surface area contributed by atoms with Gasteiger partial charge in [0.25, 0.3) is 5.91 Å². The number of carbonyl (C=O) groups is 2. The largest absolute Gasteiger partial charge is 0.416 e. The maximum atomic E-state index is 12.8. The summed E-state index contributed by atoms with van der Waals surface area (Å²) in [6, 6.07) is 3.94. The fraction of sp³-hybridized carbons (Fsp3) is 0.450. The van der Waals surface area contributed by atoms with Crippen molar-refractivity contribution in [3.05, 3.63) is 46.0 Å². The van der Waals surface area contributed by atoms with Gasteiger partial charge in [0.2, 0.25) is 5.91 Å². The Morgan fingerprint density at radius 1 is 1.20 bits per heavy atom. The van der Waals surface area contributed by atoms with Gasteiger partial charge in [-0.3, -0.25) is 9.59 Å². The molecule has 1 aromatic carbocycles. The molecule has 30 heavy (non-hydrogen) atoms. The number of carbonyl (C=O) groups excluding carboxylic acids is 2. The van der Waals surface area contributed by atoms with Crippen molar-refractivity contribution in [2.45, 2.75) is 33.4 Å². The highest BCUT2D eigenvalue weighted by Gasteiger charge is 2.30. The molecule has 0 spiro atoms. The van der Waals surface area contributed by atoms with Crippen molar-refractivity contribution in [3.8, 4) is 0 Å². The lowest BCUT2D eigenvalue weighted by atomic mass is 10.1. The Balaban J connectivity index is 2.10. The van der Waals surface area contributed by atoms with E-state index in [1.807, 2.05) is 20.8 Å². The third-order valence-electron chi connectivity index (χ3n) is 4.28. The van der Waals surface area contributed by atoms with Gasteiger partial charge in [-0.25, -0.2) is 4.98 Å². The van der Waals surface area contributed by atoms with Crippen molar-refractivity contribution in [2.24, 2.45) is 0 Å². The van der Waals surface area contributed by atoms with Gasteiger partial charge in [-0.2, -0.15) is 13.2 Å². The number of thiazole rings is 1. The van der Waals surface area contributed by atoms with E-state index in [2.05, 4.69) is 10.3 Å². The summed E-state index contributed by atoms with van der Waals surface area (Å²) >= 11 is 1.33. The smallest absolute Gasteiger partial charge is 0.382 e. The van der Waals surface area contributed by atoms with Gasteiger partial charge in [0, 0.05) is 30.2 Å². The molecular formula is C20H24F3N3O3S. The molecule has 0 saturated carbocycles. The zero-order chi connectivity index (χ0) is 22.3. The molecule has 0 atom stereocenters. The van der Waals surface area contributed by atoms with Crippen LogP contribution in [-0.2, 0) is 15.7 Å². The molecule has 0 aliphatic carbocycles. The second-order valence-electron chi connectivity index (χ2n) is 6.56. The lowest BCUT2D eigenvalue weighted by molar-refractivity contribution is -0.137. The van der Waals surface area contributed by atoms with Crippen molar-refractivity contribution >= 4 is 28.3 Å². The average Bonchev–Trinajstić information content (AvgIpc) is 3.00. The zero-order valence-corrected chi connectivity index (χ0v) is 17.8. The number of anilines is 1. The third kappa shape index (κ3) is 6.81. The van der Waals surface area contributed by atoms with Crippen LogP contribution in [-0.4, -0.2) is 48.0 Å². The predicted molar refractivity (Wildman–Crippen MR) is 109 cm³/mol. The van der Waals surface area contributed by atoms with Gasteiger partial charge in [0.05, 0.1) is 11.3 Å². The Morgan fingerprint density at radius 3 is 2.40 bits per heavy atom. The second kappa shape index (κ2) is 10.5. The van der Waals surface area contributed by atoms with Crippen LogP contribution in [0.5, 0.6) is 0 Å². The fourth-order valence-corrected chi connectivity index (χ4v) is 3.43. The van der Waals surface area contributed by atoms with E-state index >= 15 is 0 Å². The summed E-state index contributed by atoms with van der Waals surface area (Å²) in [6.45, 7) is 6.46. The summed E-state index contributed by atoms with van der Waals surface area (Å²) < 4.78 is 43.5. The minimum atomic E-state index is -4.48. The zero-order valence-electron chi connectivity index (χ0n) is 17.0. The summed E-state index contributed by atoms with van der Waals surface area (Å²) in [5.74, 6) is -0.956. The average molecular weight is 443 g/mol. The number of nitrogens with zero attached hydrogens (tertiary/aromatic N) is 2. The summed E-state index contributed by atoms with van der Waals surface area (Å²) in [4.78, 5) is 31.8. The van der Waals surface area contributed by atoms with Gasteiger partial charge in [0.1, 0.15) is 6.54 Å². The molecule has 0 fully saturated rings. The highest BCUT2D eigenvalue weighted by Crippen LogP contribution is 2.29.